The molecule has 7 nitrogen and oxygen atoms in total. The Morgan fingerprint density at radius 2 is 1.91 bits per heavy atom. The Hall–Kier alpha value is -2.72. The van der Waals surface area contributed by atoms with E-state index in [1.807, 2.05) is 41.0 Å². The fourth-order valence-corrected chi connectivity index (χ4v) is 4.27. The van der Waals surface area contributed by atoms with Gasteiger partial charge in [0.1, 0.15) is 0 Å². The summed E-state index contributed by atoms with van der Waals surface area (Å²) in [4.78, 5) is 16.7. The molecule has 0 fully saturated rings. The minimum atomic E-state index is -0.280. The van der Waals surface area contributed by atoms with Gasteiger partial charge in [-0.1, -0.05) is 57.0 Å². The van der Waals surface area contributed by atoms with Gasteiger partial charge in [0.25, 0.3) is 5.91 Å². The van der Waals surface area contributed by atoms with Crippen molar-refractivity contribution in [3.05, 3.63) is 87.1 Å². The van der Waals surface area contributed by atoms with Crippen molar-refractivity contribution in [2.45, 2.75) is 12.1 Å². The van der Waals surface area contributed by atoms with E-state index in [2.05, 4.69) is 41.6 Å². The molecular formula is C23H17BrCl2N6OS. The summed E-state index contributed by atoms with van der Waals surface area (Å²) in [6.45, 7) is 1.78. The number of rotatable bonds is 7. The second-order valence-electron chi connectivity index (χ2n) is 7.01. The number of halogens is 3. The Labute approximate surface area is 218 Å². The number of nitrogens with one attached hydrogen (secondary N) is 1. The maximum Gasteiger partial charge on any atom is 0.250 e. The van der Waals surface area contributed by atoms with E-state index in [9.17, 15) is 4.79 Å². The van der Waals surface area contributed by atoms with Crippen molar-refractivity contribution >= 4 is 62.5 Å². The summed E-state index contributed by atoms with van der Waals surface area (Å²) >= 11 is 16.7. The molecule has 172 valence electrons. The maximum absolute atomic E-state index is 12.5. The first-order chi connectivity index (χ1) is 16.4. The van der Waals surface area contributed by atoms with Gasteiger partial charge in [0, 0.05) is 28.1 Å². The van der Waals surface area contributed by atoms with Crippen molar-refractivity contribution in [1.29, 1.82) is 0 Å². The lowest BCUT2D eigenvalue weighted by Crippen LogP contribution is -2.21. The van der Waals surface area contributed by atoms with Gasteiger partial charge in [-0.25, -0.2) is 5.43 Å². The third-order valence-corrected chi connectivity index (χ3v) is 6.85. The van der Waals surface area contributed by atoms with Crippen LogP contribution in [0.15, 0.2) is 81.7 Å². The minimum Gasteiger partial charge on any atom is -0.272 e. The van der Waals surface area contributed by atoms with Crippen molar-refractivity contribution in [1.82, 2.24) is 25.2 Å². The molecule has 1 amide bonds. The smallest absolute Gasteiger partial charge is 0.250 e. The second kappa shape index (κ2) is 11.1. The zero-order valence-corrected chi connectivity index (χ0v) is 21.7. The van der Waals surface area contributed by atoms with Crippen LogP contribution in [-0.2, 0) is 4.79 Å². The molecule has 0 saturated carbocycles. The van der Waals surface area contributed by atoms with Crippen LogP contribution in [0, 0.1) is 0 Å². The first kappa shape index (κ1) is 24.4. The number of carbonyl (C=O) groups excluding carboxylic acids is 1. The minimum absolute atomic E-state index is 0.0971. The molecule has 34 heavy (non-hydrogen) atoms. The van der Waals surface area contributed by atoms with E-state index in [4.69, 9.17) is 23.2 Å². The first-order valence-electron chi connectivity index (χ1n) is 9.95. The molecule has 4 aromatic rings. The Kier molecular flexibility index (Phi) is 7.99. The molecule has 0 atom stereocenters. The second-order valence-corrected chi connectivity index (χ2v) is 9.68. The van der Waals surface area contributed by atoms with E-state index in [0.29, 0.717) is 26.7 Å². The lowest BCUT2D eigenvalue weighted by atomic mass is 10.1. The van der Waals surface area contributed by atoms with Crippen LogP contribution in [0.3, 0.4) is 0 Å². The molecule has 11 heteroatoms. The summed E-state index contributed by atoms with van der Waals surface area (Å²) < 4.78 is 2.85. The van der Waals surface area contributed by atoms with Gasteiger partial charge in [-0.15, -0.1) is 10.2 Å². The summed E-state index contributed by atoms with van der Waals surface area (Å²) in [7, 11) is 0. The van der Waals surface area contributed by atoms with Crippen LogP contribution in [0.2, 0.25) is 10.0 Å². The van der Waals surface area contributed by atoms with Crippen LogP contribution in [0.5, 0.6) is 0 Å². The fourth-order valence-electron chi connectivity index (χ4n) is 2.96. The Morgan fingerprint density at radius 1 is 1.12 bits per heavy atom. The van der Waals surface area contributed by atoms with Crippen molar-refractivity contribution < 1.29 is 4.79 Å². The van der Waals surface area contributed by atoms with Crippen LogP contribution < -0.4 is 5.43 Å². The topological polar surface area (TPSA) is 85.1 Å². The number of carbonyl (C=O) groups is 1. The molecule has 1 N–H and O–H groups in total. The first-order valence-corrected chi connectivity index (χ1v) is 12.5. The lowest BCUT2D eigenvalue weighted by Gasteiger charge is -2.10. The molecule has 0 aliphatic rings. The summed E-state index contributed by atoms with van der Waals surface area (Å²) in [5, 5.41) is 14.3. The van der Waals surface area contributed by atoms with Crippen LogP contribution in [0.4, 0.5) is 0 Å². The standard InChI is InChI=1S/C23H17BrCl2N6OS/c1-14(15-4-9-19(25)20(26)11-15)28-29-21(33)13-34-23-31-30-22(16-3-2-10-27-12-16)32(23)18-7-5-17(24)6-8-18/h2-12H,13H2,1H3,(H,29,33). The zero-order valence-electron chi connectivity index (χ0n) is 17.7. The number of benzene rings is 2. The van der Waals surface area contributed by atoms with E-state index < -0.39 is 0 Å². The SMILES string of the molecule is CC(=NNC(=O)CSc1nnc(-c2cccnc2)n1-c1ccc(Br)cc1)c1ccc(Cl)c(Cl)c1. The number of hydrazone groups is 1. The number of hydrogen-bond donors (Lipinski definition) is 1. The normalized spacial score (nSPS) is 11.5. The lowest BCUT2D eigenvalue weighted by molar-refractivity contribution is -0.118. The molecule has 0 unspecified atom stereocenters. The van der Waals surface area contributed by atoms with Gasteiger partial charge in [-0.2, -0.15) is 5.10 Å². The monoisotopic (exact) mass is 574 g/mol. The van der Waals surface area contributed by atoms with Gasteiger partial charge in [0.05, 0.1) is 21.5 Å². The number of nitrogens with zero attached hydrogens (tertiary/aromatic N) is 5. The van der Waals surface area contributed by atoms with Crippen molar-refractivity contribution in [3.63, 3.8) is 0 Å². The van der Waals surface area contributed by atoms with E-state index in [1.165, 1.54) is 11.8 Å². The number of thioether (sulfide) groups is 1. The van der Waals surface area contributed by atoms with Gasteiger partial charge in [-0.3, -0.25) is 14.3 Å². The highest BCUT2D eigenvalue weighted by Crippen LogP contribution is 2.28. The van der Waals surface area contributed by atoms with E-state index in [0.717, 1.165) is 21.3 Å². The van der Waals surface area contributed by atoms with Crippen LogP contribution in [0.1, 0.15) is 12.5 Å². The highest BCUT2D eigenvalue weighted by atomic mass is 79.9. The summed E-state index contributed by atoms with van der Waals surface area (Å²) in [5.41, 5.74) is 5.62. The molecule has 2 aromatic heterocycles. The van der Waals surface area contributed by atoms with Gasteiger partial charge >= 0.3 is 0 Å². The molecule has 2 aromatic carbocycles. The third-order valence-electron chi connectivity index (χ3n) is 4.66. The highest BCUT2D eigenvalue weighted by Gasteiger charge is 2.17. The quantitative estimate of drug-likeness (QED) is 0.165. The number of aromatic nitrogens is 4. The van der Waals surface area contributed by atoms with Gasteiger partial charge < -0.3 is 0 Å². The Morgan fingerprint density at radius 3 is 2.62 bits per heavy atom. The van der Waals surface area contributed by atoms with E-state index >= 15 is 0 Å². The highest BCUT2D eigenvalue weighted by molar-refractivity contribution is 9.10. The molecule has 0 aliphatic heterocycles. The van der Waals surface area contributed by atoms with Crippen molar-refractivity contribution in [3.8, 4) is 17.1 Å². The van der Waals surface area contributed by atoms with Crippen molar-refractivity contribution in [2.75, 3.05) is 5.75 Å². The maximum atomic E-state index is 12.5. The molecule has 0 aliphatic carbocycles. The largest absolute Gasteiger partial charge is 0.272 e. The molecule has 0 spiro atoms. The Bertz CT molecular complexity index is 1350. The molecule has 0 radical (unpaired) electrons. The molecule has 0 bridgehead atoms. The summed E-state index contributed by atoms with van der Waals surface area (Å²) in [6, 6.07) is 16.7. The van der Waals surface area contributed by atoms with Crippen LogP contribution in [0.25, 0.3) is 17.1 Å². The molecule has 0 saturated heterocycles. The Balaban J connectivity index is 1.51. The fraction of sp³-hybridized carbons (Fsp3) is 0.0870. The predicted octanol–water partition coefficient (Wildman–Crippen LogP) is 6.03. The van der Waals surface area contributed by atoms with Crippen LogP contribution >= 0.6 is 50.9 Å². The van der Waals surface area contributed by atoms with Gasteiger partial charge in [0.15, 0.2) is 11.0 Å². The number of pyridine rings is 1. The average molecular weight is 576 g/mol. The average Bonchev–Trinajstić information content (AvgIpc) is 3.28. The summed E-state index contributed by atoms with van der Waals surface area (Å²) in [6.07, 6.45) is 3.42. The van der Waals surface area contributed by atoms with E-state index in [-0.39, 0.29) is 11.7 Å². The van der Waals surface area contributed by atoms with Crippen LogP contribution in [-0.4, -0.2) is 37.1 Å². The number of amides is 1. The zero-order chi connectivity index (χ0) is 24.1. The third kappa shape index (κ3) is 5.85. The van der Waals surface area contributed by atoms with E-state index in [1.54, 1.807) is 37.5 Å². The molecule has 2 heterocycles. The van der Waals surface area contributed by atoms with Gasteiger partial charge in [-0.05, 0) is 61.0 Å². The molecular weight excluding hydrogens is 559 g/mol. The van der Waals surface area contributed by atoms with Crippen molar-refractivity contribution in [2.24, 2.45) is 5.10 Å². The van der Waals surface area contributed by atoms with Gasteiger partial charge in [0.2, 0.25) is 0 Å². The predicted molar refractivity (Wildman–Crippen MR) is 140 cm³/mol. The number of hydrogen-bond acceptors (Lipinski definition) is 6. The summed E-state index contributed by atoms with van der Waals surface area (Å²) in [5.74, 6) is 0.448. The molecule has 4 rings (SSSR count).